The van der Waals surface area contributed by atoms with Crippen LogP contribution in [0, 0.1) is 5.92 Å². The molecule has 1 saturated heterocycles. The van der Waals surface area contributed by atoms with E-state index in [0.717, 1.165) is 37.1 Å². The first-order valence-electron chi connectivity index (χ1n) is 7.74. The number of carbonyl (C=O) groups excluding carboxylic acids is 1. The number of hydrogen-bond donors (Lipinski definition) is 1. The Hall–Kier alpha value is -1.56. The summed E-state index contributed by atoms with van der Waals surface area (Å²) in [6.07, 6.45) is 6.38. The summed E-state index contributed by atoms with van der Waals surface area (Å²) in [4.78, 5) is 28.3. The van der Waals surface area contributed by atoms with E-state index in [1.165, 1.54) is 16.7 Å². The van der Waals surface area contributed by atoms with Gasteiger partial charge < -0.3 is 10.0 Å². The number of thioether (sulfide) groups is 1. The first-order chi connectivity index (χ1) is 10.6. The molecule has 1 aliphatic heterocycles. The maximum atomic E-state index is 11.8. The molecular formula is C16H22N2O3S. The monoisotopic (exact) mass is 322 g/mol. The van der Waals surface area contributed by atoms with Crippen LogP contribution >= 0.6 is 11.8 Å². The minimum Gasteiger partial charge on any atom is -0.465 e. The molecule has 0 aliphatic carbocycles. The molecule has 22 heavy (non-hydrogen) atoms. The third-order valence-corrected chi connectivity index (χ3v) is 4.87. The SMILES string of the molecule is O=C(CCCCC1CCN(C(=O)O)CC1)Sc1ccccn1. The van der Waals surface area contributed by atoms with Gasteiger partial charge in [-0.3, -0.25) is 4.79 Å². The fraction of sp³-hybridized carbons (Fsp3) is 0.562. The predicted molar refractivity (Wildman–Crippen MR) is 85.9 cm³/mol. The lowest BCUT2D eigenvalue weighted by Gasteiger charge is -2.29. The van der Waals surface area contributed by atoms with Crippen LogP contribution in [0.5, 0.6) is 0 Å². The van der Waals surface area contributed by atoms with Gasteiger partial charge in [0.05, 0.1) is 0 Å². The van der Waals surface area contributed by atoms with Gasteiger partial charge in [0.2, 0.25) is 0 Å². The lowest BCUT2D eigenvalue weighted by Crippen LogP contribution is -2.37. The summed E-state index contributed by atoms with van der Waals surface area (Å²) in [7, 11) is 0. The molecule has 1 aromatic heterocycles. The highest BCUT2D eigenvalue weighted by molar-refractivity contribution is 8.13. The number of likely N-dealkylation sites (tertiary alicyclic amines) is 1. The Morgan fingerprint density at radius 1 is 1.27 bits per heavy atom. The van der Waals surface area contributed by atoms with Gasteiger partial charge in [-0.1, -0.05) is 18.9 Å². The van der Waals surface area contributed by atoms with Gasteiger partial charge in [0.1, 0.15) is 5.03 Å². The number of amides is 1. The van der Waals surface area contributed by atoms with Crippen LogP contribution in [0.25, 0.3) is 0 Å². The number of carbonyl (C=O) groups is 2. The summed E-state index contributed by atoms with van der Waals surface area (Å²) < 4.78 is 0. The third kappa shape index (κ3) is 5.67. The molecule has 0 saturated carbocycles. The van der Waals surface area contributed by atoms with Crippen LogP contribution in [0.15, 0.2) is 29.4 Å². The van der Waals surface area contributed by atoms with Crippen LogP contribution < -0.4 is 0 Å². The van der Waals surface area contributed by atoms with Gasteiger partial charge in [0.25, 0.3) is 0 Å². The molecule has 1 amide bonds. The second kappa shape index (κ2) is 8.78. The Balaban J connectivity index is 1.56. The van der Waals surface area contributed by atoms with Crippen molar-refractivity contribution in [2.45, 2.75) is 43.6 Å². The van der Waals surface area contributed by atoms with Crippen LogP contribution in [-0.2, 0) is 4.79 Å². The molecule has 1 aromatic rings. The third-order valence-electron chi connectivity index (χ3n) is 3.98. The van der Waals surface area contributed by atoms with Gasteiger partial charge in [-0.05, 0) is 49.1 Å². The van der Waals surface area contributed by atoms with Crippen LogP contribution in [0.3, 0.4) is 0 Å². The van der Waals surface area contributed by atoms with Crippen LogP contribution in [0.1, 0.15) is 38.5 Å². The topological polar surface area (TPSA) is 70.5 Å². The van der Waals surface area contributed by atoms with Crippen LogP contribution in [0.2, 0.25) is 0 Å². The number of hydrogen-bond acceptors (Lipinski definition) is 4. The van der Waals surface area contributed by atoms with E-state index < -0.39 is 6.09 Å². The summed E-state index contributed by atoms with van der Waals surface area (Å²) in [6.45, 7) is 1.29. The lowest BCUT2D eigenvalue weighted by molar-refractivity contribution is -0.111. The van der Waals surface area contributed by atoms with E-state index in [-0.39, 0.29) is 5.12 Å². The zero-order valence-corrected chi connectivity index (χ0v) is 13.4. The largest absolute Gasteiger partial charge is 0.465 e. The normalized spacial score (nSPS) is 15.7. The van der Waals surface area contributed by atoms with E-state index in [2.05, 4.69) is 4.98 Å². The molecule has 2 heterocycles. The number of carboxylic acid groups (broad SMARTS) is 1. The average molecular weight is 322 g/mol. The number of unbranched alkanes of at least 4 members (excludes halogenated alkanes) is 1. The average Bonchev–Trinajstić information content (AvgIpc) is 2.53. The first-order valence-corrected chi connectivity index (χ1v) is 8.56. The molecule has 0 aromatic carbocycles. The Morgan fingerprint density at radius 2 is 2.05 bits per heavy atom. The fourth-order valence-electron chi connectivity index (χ4n) is 2.69. The molecule has 0 bridgehead atoms. The van der Waals surface area contributed by atoms with Crippen LogP contribution in [0.4, 0.5) is 4.79 Å². The van der Waals surface area contributed by atoms with E-state index in [0.29, 0.717) is 25.4 Å². The van der Waals surface area contributed by atoms with Gasteiger partial charge in [-0.2, -0.15) is 0 Å². The number of aromatic nitrogens is 1. The fourth-order valence-corrected chi connectivity index (χ4v) is 3.43. The van der Waals surface area contributed by atoms with Gasteiger partial charge in [0.15, 0.2) is 5.12 Å². The van der Waals surface area contributed by atoms with E-state index in [4.69, 9.17) is 5.11 Å². The number of nitrogens with zero attached hydrogens (tertiary/aromatic N) is 2. The summed E-state index contributed by atoms with van der Waals surface area (Å²) in [5.41, 5.74) is 0. The van der Waals surface area contributed by atoms with Gasteiger partial charge in [-0.15, -0.1) is 0 Å². The van der Waals surface area contributed by atoms with Crippen molar-refractivity contribution in [3.8, 4) is 0 Å². The summed E-state index contributed by atoms with van der Waals surface area (Å²) in [5, 5.41) is 9.83. The summed E-state index contributed by atoms with van der Waals surface area (Å²) >= 11 is 1.21. The molecule has 0 spiro atoms. The second-order valence-electron chi connectivity index (χ2n) is 5.60. The molecule has 120 valence electrons. The van der Waals surface area contributed by atoms with E-state index in [1.54, 1.807) is 6.20 Å². The second-order valence-corrected chi connectivity index (χ2v) is 6.68. The maximum Gasteiger partial charge on any atom is 0.407 e. The molecule has 5 nitrogen and oxygen atoms in total. The maximum absolute atomic E-state index is 11.8. The Morgan fingerprint density at radius 3 is 2.68 bits per heavy atom. The minimum absolute atomic E-state index is 0.166. The minimum atomic E-state index is -0.810. The van der Waals surface area contributed by atoms with Crippen molar-refractivity contribution in [2.24, 2.45) is 5.92 Å². The predicted octanol–water partition coefficient (Wildman–Crippen LogP) is 3.65. The van der Waals surface area contributed by atoms with E-state index >= 15 is 0 Å². The number of rotatable bonds is 6. The smallest absolute Gasteiger partial charge is 0.407 e. The summed E-state index contributed by atoms with van der Waals surface area (Å²) in [6, 6.07) is 5.56. The first kappa shape index (κ1) is 16.8. The molecule has 2 rings (SSSR count). The molecule has 0 atom stereocenters. The molecular weight excluding hydrogens is 300 g/mol. The van der Waals surface area contributed by atoms with Crippen LogP contribution in [-0.4, -0.2) is 39.3 Å². The molecule has 6 heteroatoms. The van der Waals surface area contributed by atoms with Crippen molar-refractivity contribution in [3.05, 3.63) is 24.4 Å². The van der Waals surface area contributed by atoms with Crippen molar-refractivity contribution < 1.29 is 14.7 Å². The molecule has 0 unspecified atom stereocenters. The molecule has 1 aliphatic rings. The van der Waals surface area contributed by atoms with Crippen molar-refractivity contribution in [2.75, 3.05) is 13.1 Å². The molecule has 0 radical (unpaired) electrons. The van der Waals surface area contributed by atoms with E-state index in [9.17, 15) is 9.59 Å². The summed E-state index contributed by atoms with van der Waals surface area (Å²) in [5.74, 6) is 0.606. The van der Waals surface area contributed by atoms with Crippen molar-refractivity contribution in [3.63, 3.8) is 0 Å². The lowest BCUT2D eigenvalue weighted by atomic mass is 9.91. The van der Waals surface area contributed by atoms with Gasteiger partial charge >= 0.3 is 6.09 Å². The Kier molecular flexibility index (Phi) is 6.71. The van der Waals surface area contributed by atoms with Gasteiger partial charge in [0, 0.05) is 25.7 Å². The number of piperidine rings is 1. The zero-order valence-electron chi connectivity index (χ0n) is 12.6. The molecule has 1 N–H and O–H groups in total. The number of pyridine rings is 1. The highest BCUT2D eigenvalue weighted by atomic mass is 32.2. The quantitative estimate of drug-likeness (QED) is 0.639. The molecule has 1 fully saturated rings. The Labute approximate surface area is 135 Å². The highest BCUT2D eigenvalue weighted by Crippen LogP contribution is 2.24. The van der Waals surface area contributed by atoms with E-state index in [1.807, 2.05) is 18.2 Å². The Bertz CT molecular complexity index is 487. The van der Waals surface area contributed by atoms with Gasteiger partial charge in [-0.25, -0.2) is 9.78 Å². The van der Waals surface area contributed by atoms with Crippen molar-refractivity contribution >= 4 is 23.0 Å². The van der Waals surface area contributed by atoms with Crippen molar-refractivity contribution in [1.82, 2.24) is 9.88 Å². The highest BCUT2D eigenvalue weighted by Gasteiger charge is 2.21. The standard InChI is InChI=1S/C16H22N2O3S/c19-15(22-14-6-3-4-10-17-14)7-2-1-5-13-8-11-18(12-9-13)16(20)21/h3-4,6,10,13H,1-2,5,7-9,11-12H2,(H,20,21). The zero-order chi connectivity index (χ0) is 15.8. The van der Waals surface area contributed by atoms with Crippen molar-refractivity contribution in [1.29, 1.82) is 0 Å².